The molecule has 2 aromatic rings. The molecule has 128 valence electrons. The largest absolute Gasteiger partial charge is 0.413 e. The molecule has 0 amide bonds. The number of nitrogens with zero attached hydrogens (tertiary/aromatic N) is 1. The summed E-state index contributed by atoms with van der Waals surface area (Å²) in [7, 11) is -1.75. The van der Waals surface area contributed by atoms with Crippen LogP contribution in [-0.2, 0) is 23.3 Å². The van der Waals surface area contributed by atoms with Crippen molar-refractivity contribution in [3.05, 3.63) is 29.1 Å². The van der Waals surface area contributed by atoms with Crippen LogP contribution in [0.15, 0.2) is 12.1 Å². The third-order valence-electron chi connectivity index (χ3n) is 4.93. The lowest BCUT2D eigenvalue weighted by Gasteiger charge is -2.36. The second kappa shape index (κ2) is 6.95. The highest BCUT2D eigenvalue weighted by molar-refractivity contribution is 6.74. The van der Waals surface area contributed by atoms with Crippen LogP contribution >= 0.6 is 11.6 Å². The molecular weight excluding hydrogens is 324 g/mol. The minimum absolute atomic E-state index is 0.222. The maximum atomic E-state index is 6.42. The van der Waals surface area contributed by atoms with Gasteiger partial charge in [-0.25, -0.2) is 4.98 Å². The molecule has 0 atom stereocenters. The zero-order valence-corrected chi connectivity index (χ0v) is 17.0. The van der Waals surface area contributed by atoms with Gasteiger partial charge in [0.25, 0.3) is 0 Å². The van der Waals surface area contributed by atoms with Crippen LogP contribution in [0.3, 0.4) is 0 Å². The van der Waals surface area contributed by atoms with E-state index in [0.29, 0.717) is 12.5 Å². The van der Waals surface area contributed by atoms with Crippen molar-refractivity contribution in [2.75, 3.05) is 0 Å². The van der Waals surface area contributed by atoms with E-state index in [2.05, 4.69) is 62.9 Å². The Morgan fingerprint density at radius 2 is 1.96 bits per heavy atom. The Kier molecular flexibility index (Phi) is 5.59. The zero-order valence-electron chi connectivity index (χ0n) is 15.2. The molecule has 0 spiro atoms. The second-order valence-electron chi connectivity index (χ2n) is 7.72. The van der Waals surface area contributed by atoms with Gasteiger partial charge in [-0.1, -0.05) is 40.2 Å². The van der Waals surface area contributed by atoms with Crippen molar-refractivity contribution in [3.63, 3.8) is 0 Å². The van der Waals surface area contributed by atoms with E-state index in [-0.39, 0.29) is 5.04 Å². The number of aryl methyl sites for hydroxylation is 1. The van der Waals surface area contributed by atoms with E-state index in [4.69, 9.17) is 16.0 Å². The number of hydrogen-bond donors (Lipinski definition) is 1. The van der Waals surface area contributed by atoms with Crippen molar-refractivity contribution in [1.29, 1.82) is 0 Å². The van der Waals surface area contributed by atoms with Gasteiger partial charge in [0.2, 0.25) is 0 Å². The molecule has 3 nitrogen and oxygen atoms in total. The number of H-pyrrole nitrogens is 1. The molecule has 0 saturated carbocycles. The normalized spacial score (nSPS) is 13.0. The molecule has 0 aliphatic carbocycles. The summed E-state index contributed by atoms with van der Waals surface area (Å²) in [4.78, 5) is 7.96. The number of halogens is 1. The SMILES string of the molecule is CCCc1c(CO[Si](C)(C)C(C)(C)C)ccc2[nH]c(CCl)nc12. The Labute approximate surface area is 145 Å². The molecule has 0 aliphatic heterocycles. The van der Waals surface area contributed by atoms with Crippen LogP contribution in [0.5, 0.6) is 0 Å². The smallest absolute Gasteiger partial charge is 0.192 e. The molecule has 0 aliphatic rings. The summed E-state index contributed by atoms with van der Waals surface area (Å²) in [6, 6.07) is 4.28. The number of rotatable bonds is 6. The lowest BCUT2D eigenvalue weighted by Crippen LogP contribution is -2.40. The molecule has 1 aromatic carbocycles. The summed E-state index contributed by atoms with van der Waals surface area (Å²) in [6.07, 6.45) is 2.11. The van der Waals surface area contributed by atoms with Crippen molar-refractivity contribution < 1.29 is 4.43 Å². The Balaban J connectivity index is 2.34. The van der Waals surface area contributed by atoms with Gasteiger partial charge in [0.05, 0.1) is 23.5 Å². The van der Waals surface area contributed by atoms with Gasteiger partial charge in [-0.3, -0.25) is 0 Å². The minimum Gasteiger partial charge on any atom is -0.413 e. The fourth-order valence-corrected chi connectivity index (χ4v) is 3.50. The van der Waals surface area contributed by atoms with Crippen LogP contribution in [0, 0.1) is 0 Å². The Morgan fingerprint density at radius 3 is 2.52 bits per heavy atom. The first-order valence-corrected chi connectivity index (χ1v) is 11.8. The first kappa shape index (κ1) is 18.5. The number of alkyl halides is 1. The van der Waals surface area contributed by atoms with Crippen molar-refractivity contribution in [2.45, 2.75) is 71.2 Å². The number of nitrogens with one attached hydrogen (secondary N) is 1. The number of imidazole rings is 1. The summed E-state index contributed by atoms with van der Waals surface area (Å²) in [5, 5.41) is 0.222. The van der Waals surface area contributed by atoms with Crippen LogP contribution in [0.4, 0.5) is 0 Å². The van der Waals surface area contributed by atoms with E-state index in [1.165, 1.54) is 11.1 Å². The summed E-state index contributed by atoms with van der Waals surface area (Å²) >= 11 is 5.93. The molecule has 0 bridgehead atoms. The quantitative estimate of drug-likeness (QED) is 0.528. The van der Waals surface area contributed by atoms with Gasteiger partial charge < -0.3 is 9.41 Å². The van der Waals surface area contributed by atoms with Gasteiger partial charge in [-0.15, -0.1) is 11.6 Å². The third kappa shape index (κ3) is 3.98. The van der Waals surface area contributed by atoms with Crippen molar-refractivity contribution in [1.82, 2.24) is 9.97 Å². The molecule has 0 fully saturated rings. The molecular formula is C18H29ClN2OSi. The van der Waals surface area contributed by atoms with Gasteiger partial charge in [0.15, 0.2) is 8.32 Å². The number of benzene rings is 1. The Morgan fingerprint density at radius 1 is 1.26 bits per heavy atom. The van der Waals surface area contributed by atoms with Crippen LogP contribution in [0.2, 0.25) is 18.1 Å². The van der Waals surface area contributed by atoms with E-state index in [1.807, 2.05) is 0 Å². The predicted molar refractivity (Wildman–Crippen MR) is 102 cm³/mol. The highest BCUT2D eigenvalue weighted by atomic mass is 35.5. The first-order chi connectivity index (χ1) is 10.7. The first-order valence-electron chi connectivity index (χ1n) is 8.39. The summed E-state index contributed by atoms with van der Waals surface area (Å²) in [6.45, 7) is 14.3. The van der Waals surface area contributed by atoms with Gasteiger partial charge in [-0.05, 0) is 41.7 Å². The molecule has 1 heterocycles. The molecule has 5 heteroatoms. The molecule has 0 saturated heterocycles. The molecule has 1 aromatic heterocycles. The fraction of sp³-hybridized carbons (Fsp3) is 0.611. The molecule has 1 N–H and O–H groups in total. The second-order valence-corrected chi connectivity index (χ2v) is 12.8. The average molecular weight is 353 g/mol. The maximum absolute atomic E-state index is 6.42. The minimum atomic E-state index is -1.75. The molecule has 2 rings (SSSR count). The third-order valence-corrected chi connectivity index (χ3v) is 9.66. The monoisotopic (exact) mass is 352 g/mol. The lowest BCUT2D eigenvalue weighted by molar-refractivity contribution is 0.275. The zero-order chi connectivity index (χ0) is 17.3. The van der Waals surface area contributed by atoms with E-state index in [1.54, 1.807) is 0 Å². The van der Waals surface area contributed by atoms with Gasteiger partial charge in [0.1, 0.15) is 5.82 Å². The van der Waals surface area contributed by atoms with E-state index >= 15 is 0 Å². The fourth-order valence-electron chi connectivity index (χ4n) is 2.43. The summed E-state index contributed by atoms with van der Waals surface area (Å²) in [5.41, 5.74) is 4.69. The summed E-state index contributed by atoms with van der Waals surface area (Å²) in [5.74, 6) is 1.25. The average Bonchev–Trinajstić information content (AvgIpc) is 2.89. The molecule has 0 radical (unpaired) electrons. The predicted octanol–water partition coefficient (Wildman–Crippen LogP) is 5.78. The van der Waals surface area contributed by atoms with Crippen molar-refractivity contribution in [3.8, 4) is 0 Å². The molecule has 0 unspecified atom stereocenters. The lowest BCUT2D eigenvalue weighted by atomic mass is 10.0. The van der Waals surface area contributed by atoms with Crippen LogP contribution < -0.4 is 0 Å². The van der Waals surface area contributed by atoms with Crippen molar-refractivity contribution in [2.24, 2.45) is 0 Å². The van der Waals surface area contributed by atoms with E-state index < -0.39 is 8.32 Å². The standard InChI is InChI=1S/C18H29ClN2OSi/c1-7-8-14-13(12-22-23(5,6)18(2,3)4)9-10-15-17(14)21-16(11-19)20-15/h9-10H,7-8,11-12H2,1-6H3,(H,20,21). The molecule has 23 heavy (non-hydrogen) atoms. The van der Waals surface area contributed by atoms with E-state index in [0.717, 1.165) is 29.7 Å². The van der Waals surface area contributed by atoms with E-state index in [9.17, 15) is 0 Å². The van der Waals surface area contributed by atoms with Crippen LogP contribution in [0.1, 0.15) is 51.1 Å². The van der Waals surface area contributed by atoms with Gasteiger partial charge in [-0.2, -0.15) is 0 Å². The topological polar surface area (TPSA) is 37.9 Å². The number of fused-ring (bicyclic) bond motifs is 1. The van der Waals surface area contributed by atoms with Crippen LogP contribution in [0.25, 0.3) is 11.0 Å². The number of aromatic nitrogens is 2. The number of hydrogen-bond acceptors (Lipinski definition) is 2. The maximum Gasteiger partial charge on any atom is 0.192 e. The van der Waals surface area contributed by atoms with Gasteiger partial charge in [0, 0.05) is 0 Å². The summed E-state index contributed by atoms with van der Waals surface area (Å²) < 4.78 is 6.42. The van der Waals surface area contributed by atoms with Gasteiger partial charge >= 0.3 is 0 Å². The highest BCUT2D eigenvalue weighted by Gasteiger charge is 2.37. The highest BCUT2D eigenvalue weighted by Crippen LogP contribution is 2.37. The van der Waals surface area contributed by atoms with Crippen LogP contribution in [-0.4, -0.2) is 18.3 Å². The Hall–Kier alpha value is -0.843. The van der Waals surface area contributed by atoms with Crippen molar-refractivity contribution >= 4 is 31.0 Å². The number of aromatic amines is 1. The Bertz CT molecular complexity index is 673.